The van der Waals surface area contributed by atoms with E-state index < -0.39 is 0 Å². The van der Waals surface area contributed by atoms with Crippen molar-refractivity contribution in [1.82, 2.24) is 9.78 Å². The predicted molar refractivity (Wildman–Crippen MR) is 53.5 cm³/mol. The Balaban J connectivity index is 2.83. The van der Waals surface area contributed by atoms with Crippen LogP contribution in [0.25, 0.3) is 10.9 Å². The van der Waals surface area contributed by atoms with E-state index in [1.54, 1.807) is 29.9 Å². The quantitative estimate of drug-likeness (QED) is 0.684. The second-order valence-corrected chi connectivity index (χ2v) is 3.29. The smallest absolute Gasteiger partial charge is 0.271 e. The van der Waals surface area contributed by atoms with Gasteiger partial charge in [-0.3, -0.25) is 19.4 Å². The van der Waals surface area contributed by atoms with Crippen molar-refractivity contribution in [2.75, 3.05) is 0 Å². The summed E-state index contributed by atoms with van der Waals surface area (Å²) in [6.45, 7) is 1.51. The molecule has 72 valence electrons. The number of carbonyl (C=O) groups is 1. The molecule has 4 heteroatoms. The van der Waals surface area contributed by atoms with Crippen molar-refractivity contribution >= 4 is 16.7 Å². The van der Waals surface area contributed by atoms with E-state index >= 15 is 0 Å². The number of hydrogen-bond donors (Lipinski definition) is 1. The number of carbonyl (C=O) groups excluding carboxylic acids is 1. The second kappa shape index (κ2) is 2.83. The van der Waals surface area contributed by atoms with Crippen molar-refractivity contribution in [3.05, 3.63) is 34.1 Å². The lowest BCUT2D eigenvalue weighted by Gasteiger charge is -1.97. The van der Waals surface area contributed by atoms with Gasteiger partial charge in [0.2, 0.25) is 0 Å². The first-order valence-electron chi connectivity index (χ1n) is 4.29. The lowest BCUT2D eigenvalue weighted by Crippen LogP contribution is -2.01. The second-order valence-electron chi connectivity index (χ2n) is 3.29. The molecule has 0 bridgehead atoms. The minimum absolute atomic E-state index is 0.000508. The van der Waals surface area contributed by atoms with Gasteiger partial charge >= 0.3 is 0 Å². The summed E-state index contributed by atoms with van der Waals surface area (Å²) in [6.07, 6.45) is 0. The molecule has 0 amide bonds. The highest BCUT2D eigenvalue weighted by Crippen LogP contribution is 2.11. The normalized spacial score (nSPS) is 10.7. The fourth-order valence-electron chi connectivity index (χ4n) is 1.49. The van der Waals surface area contributed by atoms with E-state index in [0.29, 0.717) is 10.9 Å². The Bertz CT molecular complexity index is 563. The van der Waals surface area contributed by atoms with Crippen LogP contribution in [0.5, 0.6) is 0 Å². The molecule has 0 saturated carbocycles. The molecule has 0 atom stereocenters. The van der Waals surface area contributed by atoms with Crippen LogP contribution in [-0.4, -0.2) is 15.6 Å². The number of H-pyrrole nitrogens is 1. The lowest BCUT2D eigenvalue weighted by molar-refractivity contribution is 0.101. The number of nitrogens with zero attached hydrogens (tertiary/aromatic N) is 1. The third-order valence-corrected chi connectivity index (χ3v) is 2.28. The number of ketones is 1. The van der Waals surface area contributed by atoms with Gasteiger partial charge in [0.25, 0.3) is 5.56 Å². The van der Waals surface area contributed by atoms with Crippen LogP contribution in [0.4, 0.5) is 0 Å². The number of benzene rings is 1. The highest BCUT2D eigenvalue weighted by atomic mass is 16.1. The van der Waals surface area contributed by atoms with E-state index in [-0.39, 0.29) is 11.3 Å². The average Bonchev–Trinajstić information content (AvgIpc) is 2.42. The van der Waals surface area contributed by atoms with Gasteiger partial charge in [-0.2, -0.15) is 0 Å². The Hall–Kier alpha value is -1.84. The minimum atomic E-state index is -0.127. The number of Topliss-reactive ketones (excluding diaryl/α,β-unsaturated/α-hetero) is 1. The molecule has 0 spiro atoms. The van der Waals surface area contributed by atoms with Crippen LogP contribution in [-0.2, 0) is 7.05 Å². The van der Waals surface area contributed by atoms with Crippen LogP contribution in [0.2, 0.25) is 0 Å². The largest absolute Gasteiger partial charge is 0.295 e. The third-order valence-electron chi connectivity index (χ3n) is 2.28. The van der Waals surface area contributed by atoms with E-state index in [1.807, 2.05) is 0 Å². The molecular formula is C10H10N2O2. The number of aryl methyl sites for hydroxylation is 1. The minimum Gasteiger partial charge on any atom is -0.295 e. The van der Waals surface area contributed by atoms with E-state index in [0.717, 1.165) is 5.52 Å². The molecule has 14 heavy (non-hydrogen) atoms. The SMILES string of the molecule is CC(=O)c1ccc2c(=O)[nH]n(C)c2c1. The summed E-state index contributed by atoms with van der Waals surface area (Å²) in [5.74, 6) is 0.000508. The monoisotopic (exact) mass is 190 g/mol. The van der Waals surface area contributed by atoms with Gasteiger partial charge in [0, 0.05) is 12.6 Å². The molecule has 2 aromatic rings. The first-order valence-corrected chi connectivity index (χ1v) is 4.29. The standard InChI is InChI=1S/C10H10N2O2/c1-6(13)7-3-4-8-9(5-7)12(2)11-10(8)14/h3-5H,1-2H3,(H,11,14). The average molecular weight is 190 g/mol. The Kier molecular flexibility index (Phi) is 1.77. The Morgan fingerprint density at radius 3 is 2.79 bits per heavy atom. The Morgan fingerprint density at radius 1 is 1.43 bits per heavy atom. The number of aromatic amines is 1. The lowest BCUT2D eigenvalue weighted by atomic mass is 10.1. The van der Waals surface area contributed by atoms with E-state index in [4.69, 9.17) is 0 Å². The number of fused-ring (bicyclic) bond motifs is 1. The van der Waals surface area contributed by atoms with Gasteiger partial charge in [0.1, 0.15) is 0 Å². The maximum absolute atomic E-state index is 11.3. The summed E-state index contributed by atoms with van der Waals surface area (Å²) < 4.78 is 1.62. The van der Waals surface area contributed by atoms with Crippen LogP contribution >= 0.6 is 0 Å². The Morgan fingerprint density at radius 2 is 2.14 bits per heavy atom. The maximum Gasteiger partial charge on any atom is 0.271 e. The van der Waals surface area contributed by atoms with Crippen LogP contribution in [0.15, 0.2) is 23.0 Å². The third kappa shape index (κ3) is 1.16. The molecule has 0 fully saturated rings. The Labute approximate surface area is 80.1 Å². The summed E-state index contributed by atoms with van der Waals surface area (Å²) in [6, 6.07) is 5.06. The summed E-state index contributed by atoms with van der Waals surface area (Å²) in [5, 5.41) is 3.24. The molecule has 0 radical (unpaired) electrons. The molecule has 0 aliphatic carbocycles. The molecule has 4 nitrogen and oxygen atoms in total. The maximum atomic E-state index is 11.3. The highest BCUT2D eigenvalue weighted by molar-refractivity contribution is 5.97. The first-order chi connectivity index (χ1) is 6.59. The molecule has 1 aromatic carbocycles. The molecule has 2 rings (SSSR count). The molecular weight excluding hydrogens is 180 g/mol. The molecule has 0 aliphatic heterocycles. The van der Waals surface area contributed by atoms with Crippen molar-refractivity contribution in [3.8, 4) is 0 Å². The van der Waals surface area contributed by atoms with E-state index in [9.17, 15) is 9.59 Å². The van der Waals surface area contributed by atoms with Gasteiger partial charge in [-0.25, -0.2) is 0 Å². The zero-order valence-electron chi connectivity index (χ0n) is 8.00. The molecule has 1 aromatic heterocycles. The van der Waals surface area contributed by atoms with E-state index in [1.165, 1.54) is 6.92 Å². The first kappa shape index (κ1) is 8.74. The summed E-state index contributed by atoms with van der Waals surface area (Å²) >= 11 is 0. The van der Waals surface area contributed by atoms with Crippen LogP contribution in [0.3, 0.4) is 0 Å². The highest BCUT2D eigenvalue weighted by Gasteiger charge is 2.06. The van der Waals surface area contributed by atoms with Gasteiger partial charge in [-0.1, -0.05) is 6.07 Å². The zero-order valence-corrected chi connectivity index (χ0v) is 8.00. The fourth-order valence-corrected chi connectivity index (χ4v) is 1.49. The van der Waals surface area contributed by atoms with Gasteiger partial charge in [-0.15, -0.1) is 0 Å². The van der Waals surface area contributed by atoms with Crippen LogP contribution in [0, 0.1) is 0 Å². The molecule has 0 saturated heterocycles. The molecule has 1 heterocycles. The number of aromatic nitrogens is 2. The molecule has 0 aliphatic rings. The topological polar surface area (TPSA) is 54.9 Å². The fraction of sp³-hybridized carbons (Fsp3) is 0.200. The van der Waals surface area contributed by atoms with Crippen molar-refractivity contribution in [2.45, 2.75) is 6.92 Å². The summed E-state index contributed by atoms with van der Waals surface area (Å²) in [7, 11) is 1.74. The van der Waals surface area contributed by atoms with Crippen LogP contribution < -0.4 is 5.56 Å². The summed E-state index contributed by atoms with van der Waals surface area (Å²) in [5.41, 5.74) is 1.24. The van der Waals surface area contributed by atoms with E-state index in [2.05, 4.69) is 5.10 Å². The van der Waals surface area contributed by atoms with Gasteiger partial charge < -0.3 is 0 Å². The zero-order chi connectivity index (χ0) is 10.3. The van der Waals surface area contributed by atoms with Crippen molar-refractivity contribution < 1.29 is 4.79 Å². The van der Waals surface area contributed by atoms with Crippen LogP contribution in [0.1, 0.15) is 17.3 Å². The molecule has 0 unspecified atom stereocenters. The van der Waals surface area contributed by atoms with Crippen molar-refractivity contribution in [1.29, 1.82) is 0 Å². The van der Waals surface area contributed by atoms with Gasteiger partial charge in [0.05, 0.1) is 10.9 Å². The van der Waals surface area contributed by atoms with Gasteiger partial charge in [-0.05, 0) is 19.1 Å². The van der Waals surface area contributed by atoms with Gasteiger partial charge in [0.15, 0.2) is 5.78 Å². The number of nitrogens with one attached hydrogen (secondary N) is 1. The van der Waals surface area contributed by atoms with Crippen molar-refractivity contribution in [3.63, 3.8) is 0 Å². The van der Waals surface area contributed by atoms with Crippen molar-refractivity contribution in [2.24, 2.45) is 7.05 Å². The number of rotatable bonds is 1. The number of hydrogen-bond acceptors (Lipinski definition) is 2. The molecule has 1 N–H and O–H groups in total. The summed E-state index contributed by atoms with van der Waals surface area (Å²) in [4.78, 5) is 22.4. The predicted octanol–water partition coefficient (Wildman–Crippen LogP) is 1.07.